The molecule has 1 aliphatic carbocycles. The van der Waals surface area contributed by atoms with Crippen molar-refractivity contribution in [3.8, 4) is 0 Å². The van der Waals surface area contributed by atoms with Gasteiger partial charge in [0.15, 0.2) is 9.84 Å². The molecule has 2 heterocycles. The van der Waals surface area contributed by atoms with Crippen molar-refractivity contribution in [1.29, 1.82) is 0 Å². The zero-order valence-corrected chi connectivity index (χ0v) is 17.6. The van der Waals surface area contributed by atoms with Crippen LogP contribution in [0.1, 0.15) is 51.5 Å². The lowest BCUT2D eigenvalue weighted by atomic mass is 10.2. The largest absolute Gasteiger partial charge is 0.477 e. The number of carboxylic acid groups (broad SMARTS) is 1. The van der Waals surface area contributed by atoms with E-state index in [-0.39, 0.29) is 39.3 Å². The quantitative estimate of drug-likeness (QED) is 0.524. The van der Waals surface area contributed by atoms with E-state index in [2.05, 4.69) is 10.3 Å². The van der Waals surface area contributed by atoms with Crippen LogP contribution < -0.4 is 5.32 Å². The molecule has 0 bridgehead atoms. The van der Waals surface area contributed by atoms with Crippen molar-refractivity contribution >= 4 is 33.0 Å². The van der Waals surface area contributed by atoms with Crippen LogP contribution in [0.25, 0.3) is 0 Å². The summed E-state index contributed by atoms with van der Waals surface area (Å²) in [5.41, 5.74) is 0.278. The van der Waals surface area contributed by atoms with Crippen LogP contribution in [0.4, 0.5) is 27.8 Å². The predicted octanol–water partition coefficient (Wildman–Crippen LogP) is 4.78. The number of halogens is 5. The topological polar surface area (TPSA) is 96.4 Å². The van der Waals surface area contributed by atoms with Crippen LogP contribution >= 0.6 is 11.3 Å². The zero-order valence-electron chi connectivity index (χ0n) is 16.0. The molecule has 6 nitrogen and oxygen atoms in total. The standard InChI is InChI=1S/C18H17F5N2O4S2/c1-2-31(28,29)12-6-5-11(9-3-4-9)25-15(12)24-8-10-7-13(30-14(10)16(26)27)17(19,20)18(21,22)23/h5-7,9H,2-4,8H2,1H3,(H,24,25)(H,26,27). The number of hydrogen-bond donors (Lipinski definition) is 2. The Bertz CT molecular complexity index is 1110. The van der Waals surface area contributed by atoms with Crippen LogP contribution in [0.5, 0.6) is 0 Å². The molecule has 2 aromatic rings. The molecule has 1 saturated carbocycles. The summed E-state index contributed by atoms with van der Waals surface area (Å²) in [6.45, 7) is 0.917. The Labute approximate surface area is 178 Å². The molecule has 1 aliphatic rings. The number of aromatic nitrogens is 1. The molecule has 31 heavy (non-hydrogen) atoms. The number of carboxylic acids is 1. The molecule has 13 heteroatoms. The minimum atomic E-state index is -5.89. The normalized spacial score (nSPS) is 15.2. The van der Waals surface area contributed by atoms with E-state index in [1.54, 1.807) is 6.07 Å². The first kappa shape index (κ1) is 23.4. The van der Waals surface area contributed by atoms with Gasteiger partial charge in [0.05, 0.1) is 10.6 Å². The van der Waals surface area contributed by atoms with Gasteiger partial charge in [-0.2, -0.15) is 22.0 Å². The first-order valence-electron chi connectivity index (χ1n) is 9.06. The van der Waals surface area contributed by atoms with Gasteiger partial charge in [-0.1, -0.05) is 6.92 Å². The van der Waals surface area contributed by atoms with Crippen LogP contribution in [0.3, 0.4) is 0 Å². The summed E-state index contributed by atoms with van der Waals surface area (Å²) in [5, 5.41) is 11.9. The number of alkyl halides is 5. The van der Waals surface area contributed by atoms with E-state index in [1.807, 2.05) is 0 Å². The van der Waals surface area contributed by atoms with E-state index in [0.717, 1.165) is 12.8 Å². The van der Waals surface area contributed by atoms with Gasteiger partial charge in [-0.05, 0) is 36.6 Å². The highest BCUT2D eigenvalue weighted by Gasteiger charge is 2.60. The van der Waals surface area contributed by atoms with Gasteiger partial charge in [-0.15, -0.1) is 11.3 Å². The van der Waals surface area contributed by atoms with Gasteiger partial charge in [0.1, 0.15) is 15.6 Å². The molecule has 0 spiro atoms. The number of nitrogens with one attached hydrogen (secondary N) is 1. The third-order valence-electron chi connectivity index (χ3n) is 4.71. The Balaban J connectivity index is 1.97. The smallest absolute Gasteiger partial charge is 0.458 e. The van der Waals surface area contributed by atoms with Gasteiger partial charge >= 0.3 is 18.1 Å². The van der Waals surface area contributed by atoms with E-state index in [1.165, 1.54) is 13.0 Å². The summed E-state index contributed by atoms with van der Waals surface area (Å²) < 4.78 is 90.1. The van der Waals surface area contributed by atoms with Crippen molar-refractivity contribution in [3.63, 3.8) is 0 Å². The Morgan fingerprint density at radius 2 is 1.90 bits per heavy atom. The molecule has 0 amide bonds. The number of nitrogens with zero attached hydrogens (tertiary/aromatic N) is 1. The second-order valence-electron chi connectivity index (χ2n) is 6.96. The molecule has 2 aromatic heterocycles. The van der Waals surface area contributed by atoms with Crippen LogP contribution in [0.15, 0.2) is 23.1 Å². The van der Waals surface area contributed by atoms with Crippen molar-refractivity contribution in [1.82, 2.24) is 4.98 Å². The monoisotopic (exact) mass is 484 g/mol. The molecule has 0 saturated heterocycles. The number of anilines is 1. The summed E-state index contributed by atoms with van der Waals surface area (Å²) in [7, 11) is -3.73. The fraction of sp³-hybridized carbons (Fsp3) is 0.444. The minimum absolute atomic E-state index is 0.0991. The van der Waals surface area contributed by atoms with Crippen LogP contribution in [0.2, 0.25) is 0 Å². The van der Waals surface area contributed by atoms with E-state index in [4.69, 9.17) is 0 Å². The molecule has 2 N–H and O–H groups in total. The Hall–Kier alpha value is -2.28. The summed E-state index contributed by atoms with van der Waals surface area (Å²) in [6, 6.07) is 3.39. The number of thiophene rings is 1. The second kappa shape index (κ2) is 8.01. The zero-order chi connectivity index (χ0) is 23.2. The first-order valence-corrected chi connectivity index (χ1v) is 11.5. The number of rotatable bonds is 8. The van der Waals surface area contributed by atoms with Crippen LogP contribution in [0, 0.1) is 0 Å². The van der Waals surface area contributed by atoms with Gasteiger partial charge in [0.2, 0.25) is 0 Å². The number of hydrogen-bond acceptors (Lipinski definition) is 6. The Kier molecular flexibility index (Phi) is 6.04. The summed E-state index contributed by atoms with van der Waals surface area (Å²) in [4.78, 5) is 13.3. The fourth-order valence-electron chi connectivity index (χ4n) is 2.82. The highest BCUT2D eigenvalue weighted by atomic mass is 32.2. The lowest BCUT2D eigenvalue weighted by Gasteiger charge is -2.17. The first-order chi connectivity index (χ1) is 14.3. The molecule has 0 atom stereocenters. The molecule has 170 valence electrons. The molecular formula is C18H17F5N2O4S2. The molecule has 0 radical (unpaired) electrons. The van der Waals surface area contributed by atoms with Crippen LogP contribution in [-0.4, -0.2) is 36.4 Å². The number of aromatic carboxylic acids is 1. The van der Waals surface area contributed by atoms with Gasteiger partial charge in [0.25, 0.3) is 0 Å². The van der Waals surface area contributed by atoms with Crippen molar-refractivity contribution in [2.75, 3.05) is 11.1 Å². The molecule has 0 unspecified atom stereocenters. The van der Waals surface area contributed by atoms with Gasteiger partial charge in [-0.3, -0.25) is 0 Å². The summed E-state index contributed by atoms with van der Waals surface area (Å²) in [5.74, 6) is -7.08. The van der Waals surface area contributed by atoms with Crippen molar-refractivity contribution < 1.29 is 40.3 Å². The Morgan fingerprint density at radius 1 is 1.26 bits per heavy atom. The number of sulfone groups is 1. The third kappa shape index (κ3) is 4.66. The Morgan fingerprint density at radius 3 is 2.42 bits per heavy atom. The predicted molar refractivity (Wildman–Crippen MR) is 102 cm³/mol. The van der Waals surface area contributed by atoms with Crippen molar-refractivity contribution in [2.24, 2.45) is 0 Å². The SMILES string of the molecule is CCS(=O)(=O)c1ccc(C2CC2)nc1NCc1cc(C(F)(F)C(F)(F)F)sc1C(=O)O. The maximum Gasteiger partial charge on any atom is 0.458 e. The number of carbonyl (C=O) groups is 1. The lowest BCUT2D eigenvalue weighted by Crippen LogP contribution is -2.32. The van der Waals surface area contributed by atoms with E-state index in [9.17, 15) is 40.3 Å². The van der Waals surface area contributed by atoms with Gasteiger partial charge in [0, 0.05) is 18.2 Å². The molecule has 0 aromatic carbocycles. The van der Waals surface area contributed by atoms with Gasteiger partial charge in [-0.25, -0.2) is 18.2 Å². The average molecular weight is 484 g/mol. The van der Waals surface area contributed by atoms with Crippen molar-refractivity contribution in [2.45, 2.75) is 49.2 Å². The lowest BCUT2D eigenvalue weighted by molar-refractivity contribution is -0.287. The van der Waals surface area contributed by atoms with Crippen LogP contribution in [-0.2, 0) is 22.3 Å². The second-order valence-corrected chi connectivity index (χ2v) is 10.3. The molecule has 1 fully saturated rings. The fourth-order valence-corrected chi connectivity index (χ4v) is 4.83. The summed E-state index contributed by atoms with van der Waals surface area (Å²) in [6.07, 6.45) is -4.15. The maximum atomic E-state index is 13.7. The minimum Gasteiger partial charge on any atom is -0.477 e. The van der Waals surface area contributed by atoms with Crippen molar-refractivity contribution in [3.05, 3.63) is 39.2 Å². The van der Waals surface area contributed by atoms with E-state index >= 15 is 0 Å². The number of pyridine rings is 1. The highest BCUT2D eigenvalue weighted by Crippen LogP contribution is 2.47. The molecule has 0 aliphatic heterocycles. The molecular weight excluding hydrogens is 467 g/mol. The maximum absolute atomic E-state index is 13.7. The van der Waals surface area contributed by atoms with Gasteiger partial charge < -0.3 is 10.4 Å². The highest BCUT2D eigenvalue weighted by molar-refractivity contribution is 7.91. The van der Waals surface area contributed by atoms with E-state index in [0.29, 0.717) is 11.8 Å². The average Bonchev–Trinajstić information content (AvgIpc) is 3.43. The molecule has 3 rings (SSSR count). The summed E-state index contributed by atoms with van der Waals surface area (Å²) >= 11 is -0.179. The van der Waals surface area contributed by atoms with E-state index < -0.39 is 44.2 Å². The third-order valence-corrected chi connectivity index (χ3v) is 7.70.